The Morgan fingerprint density at radius 1 is 1.06 bits per heavy atom. The van der Waals surface area contributed by atoms with Crippen LogP contribution in [0.2, 0.25) is 0 Å². The van der Waals surface area contributed by atoms with Crippen LogP contribution in [0.15, 0.2) is 58.3 Å². The summed E-state index contributed by atoms with van der Waals surface area (Å²) >= 11 is 0. The highest BCUT2D eigenvalue weighted by Crippen LogP contribution is 2.34. The second-order valence-electron chi connectivity index (χ2n) is 8.16. The number of carbonyl (C=O) groups excluding carboxylic acids is 3. The SMILES string of the molecule is CCOC(=O)C1=C(CN2CCN(C(=O)c3ccco3)CC2)NC(=O)N[C@H]1c1ccccc1OCC. The van der Waals surface area contributed by atoms with Crippen molar-refractivity contribution in [3.8, 4) is 5.75 Å². The van der Waals surface area contributed by atoms with Crippen LogP contribution in [-0.4, -0.2) is 73.6 Å². The lowest BCUT2D eigenvalue weighted by Gasteiger charge is -2.37. The topological polar surface area (TPSA) is 113 Å². The normalized spacial score (nSPS) is 18.6. The maximum Gasteiger partial charge on any atom is 0.338 e. The van der Waals surface area contributed by atoms with E-state index in [0.717, 1.165) is 0 Å². The Kier molecular flexibility index (Phi) is 7.71. The van der Waals surface area contributed by atoms with Gasteiger partial charge in [0.2, 0.25) is 0 Å². The molecule has 2 aliphatic heterocycles. The van der Waals surface area contributed by atoms with Crippen LogP contribution in [0, 0.1) is 0 Å². The summed E-state index contributed by atoms with van der Waals surface area (Å²) in [7, 11) is 0. The van der Waals surface area contributed by atoms with Gasteiger partial charge in [-0.05, 0) is 32.0 Å². The molecular formula is C25H30N4O6. The van der Waals surface area contributed by atoms with Crippen molar-refractivity contribution in [3.05, 3.63) is 65.3 Å². The summed E-state index contributed by atoms with van der Waals surface area (Å²) < 4.78 is 16.4. The Morgan fingerprint density at radius 2 is 1.83 bits per heavy atom. The largest absolute Gasteiger partial charge is 0.494 e. The number of carbonyl (C=O) groups is 3. The van der Waals surface area contributed by atoms with E-state index >= 15 is 0 Å². The third-order valence-electron chi connectivity index (χ3n) is 5.95. The zero-order chi connectivity index (χ0) is 24.8. The number of nitrogens with one attached hydrogen (secondary N) is 2. The first-order valence-corrected chi connectivity index (χ1v) is 11.8. The van der Waals surface area contributed by atoms with Gasteiger partial charge in [0.25, 0.3) is 5.91 Å². The van der Waals surface area contributed by atoms with Gasteiger partial charge in [-0.25, -0.2) is 9.59 Å². The molecule has 0 radical (unpaired) electrons. The number of nitrogens with zero attached hydrogens (tertiary/aromatic N) is 2. The minimum Gasteiger partial charge on any atom is -0.494 e. The fraction of sp³-hybridized carbons (Fsp3) is 0.400. The zero-order valence-electron chi connectivity index (χ0n) is 19.9. The van der Waals surface area contributed by atoms with Gasteiger partial charge in [0.05, 0.1) is 31.1 Å². The van der Waals surface area contributed by atoms with Crippen LogP contribution in [0.25, 0.3) is 0 Å². The number of esters is 1. The Balaban J connectivity index is 1.57. The van der Waals surface area contributed by atoms with E-state index in [1.54, 1.807) is 24.0 Å². The summed E-state index contributed by atoms with van der Waals surface area (Å²) in [6.07, 6.45) is 1.48. The molecule has 0 bridgehead atoms. The van der Waals surface area contributed by atoms with Gasteiger partial charge in [0.1, 0.15) is 5.75 Å². The number of para-hydroxylation sites is 1. The molecule has 0 spiro atoms. The van der Waals surface area contributed by atoms with Crippen molar-refractivity contribution in [3.63, 3.8) is 0 Å². The number of benzene rings is 1. The minimum atomic E-state index is -0.720. The molecule has 186 valence electrons. The second-order valence-corrected chi connectivity index (χ2v) is 8.16. The first kappa shape index (κ1) is 24.3. The van der Waals surface area contributed by atoms with E-state index in [2.05, 4.69) is 15.5 Å². The molecule has 10 heteroatoms. The third kappa shape index (κ3) is 5.48. The lowest BCUT2D eigenvalue weighted by Crippen LogP contribution is -2.52. The Hall–Kier alpha value is -3.79. The maximum absolute atomic E-state index is 13.1. The molecule has 1 aromatic heterocycles. The van der Waals surface area contributed by atoms with Crippen molar-refractivity contribution in [1.29, 1.82) is 0 Å². The number of ether oxygens (including phenoxy) is 2. The number of rotatable bonds is 8. The van der Waals surface area contributed by atoms with Gasteiger partial charge in [-0.3, -0.25) is 9.69 Å². The molecule has 1 atom stereocenters. The zero-order valence-corrected chi connectivity index (χ0v) is 19.9. The van der Waals surface area contributed by atoms with E-state index in [1.807, 2.05) is 31.2 Å². The summed E-state index contributed by atoms with van der Waals surface area (Å²) in [5.74, 6) is 0.252. The average molecular weight is 483 g/mol. The molecule has 1 saturated heterocycles. The van der Waals surface area contributed by atoms with Crippen molar-refractivity contribution in [2.45, 2.75) is 19.9 Å². The van der Waals surface area contributed by atoms with Crippen molar-refractivity contribution >= 4 is 17.9 Å². The van der Waals surface area contributed by atoms with Crippen molar-refractivity contribution in [1.82, 2.24) is 20.4 Å². The van der Waals surface area contributed by atoms with Gasteiger partial charge < -0.3 is 29.4 Å². The minimum absolute atomic E-state index is 0.149. The summed E-state index contributed by atoms with van der Waals surface area (Å²) in [6, 6.07) is 9.53. The quantitative estimate of drug-likeness (QED) is 0.555. The smallest absolute Gasteiger partial charge is 0.338 e. The summed E-state index contributed by atoms with van der Waals surface area (Å²) in [6.45, 7) is 6.77. The summed E-state index contributed by atoms with van der Waals surface area (Å²) in [5, 5.41) is 5.67. The number of amides is 3. The van der Waals surface area contributed by atoms with Crippen LogP contribution in [0.4, 0.5) is 4.79 Å². The van der Waals surface area contributed by atoms with E-state index in [9.17, 15) is 14.4 Å². The molecule has 2 aromatic rings. The van der Waals surface area contributed by atoms with Crippen LogP contribution < -0.4 is 15.4 Å². The molecule has 1 fully saturated rings. The second kappa shape index (κ2) is 11.1. The number of hydrogen-bond acceptors (Lipinski definition) is 7. The monoisotopic (exact) mass is 482 g/mol. The van der Waals surface area contributed by atoms with Gasteiger partial charge in [0.15, 0.2) is 5.76 Å². The maximum atomic E-state index is 13.1. The Morgan fingerprint density at radius 3 is 2.51 bits per heavy atom. The molecular weight excluding hydrogens is 452 g/mol. The molecule has 3 amide bonds. The van der Waals surface area contributed by atoms with Crippen LogP contribution in [-0.2, 0) is 9.53 Å². The standard InChI is InChI=1S/C25H30N4O6/c1-3-33-19-9-6-5-8-17(19)22-21(24(31)34-4-2)18(26-25(32)27-22)16-28-11-13-29(14-12-28)23(30)20-10-7-15-35-20/h5-10,15,22H,3-4,11-14,16H2,1-2H3,(H2,26,27,32)/t22-/m0/s1. The van der Waals surface area contributed by atoms with Gasteiger partial charge in [-0.2, -0.15) is 0 Å². The highest BCUT2D eigenvalue weighted by atomic mass is 16.5. The molecule has 3 heterocycles. The molecule has 2 aliphatic rings. The summed E-state index contributed by atoms with van der Waals surface area (Å²) in [5.41, 5.74) is 1.50. The van der Waals surface area contributed by atoms with Gasteiger partial charge >= 0.3 is 12.0 Å². The highest BCUT2D eigenvalue weighted by molar-refractivity contribution is 5.95. The fourth-order valence-electron chi connectivity index (χ4n) is 4.32. The van der Waals surface area contributed by atoms with E-state index < -0.39 is 18.0 Å². The number of urea groups is 1. The summed E-state index contributed by atoms with van der Waals surface area (Å²) in [4.78, 5) is 42.1. The number of furan rings is 1. The predicted octanol–water partition coefficient (Wildman–Crippen LogP) is 2.31. The van der Waals surface area contributed by atoms with Gasteiger partial charge in [0, 0.05) is 44.0 Å². The van der Waals surface area contributed by atoms with E-state index in [-0.39, 0.29) is 12.5 Å². The molecule has 2 N–H and O–H groups in total. The first-order valence-electron chi connectivity index (χ1n) is 11.8. The van der Waals surface area contributed by atoms with Crippen molar-refractivity contribution in [2.75, 3.05) is 45.9 Å². The van der Waals surface area contributed by atoms with Crippen LogP contribution in [0.3, 0.4) is 0 Å². The fourth-order valence-corrected chi connectivity index (χ4v) is 4.32. The van der Waals surface area contributed by atoms with Crippen LogP contribution in [0.1, 0.15) is 36.0 Å². The third-order valence-corrected chi connectivity index (χ3v) is 5.95. The molecule has 0 saturated carbocycles. The Labute approximate surface area is 203 Å². The molecule has 4 rings (SSSR count). The Bertz CT molecular complexity index is 1090. The number of piperazine rings is 1. The van der Waals surface area contributed by atoms with Crippen molar-refractivity contribution < 1.29 is 28.3 Å². The van der Waals surface area contributed by atoms with Gasteiger partial charge in [-0.1, -0.05) is 18.2 Å². The number of hydrogen-bond donors (Lipinski definition) is 2. The lowest BCUT2D eigenvalue weighted by atomic mass is 9.94. The first-order chi connectivity index (χ1) is 17.0. The molecule has 0 unspecified atom stereocenters. The molecule has 10 nitrogen and oxygen atoms in total. The van der Waals surface area contributed by atoms with Crippen molar-refractivity contribution in [2.24, 2.45) is 0 Å². The van der Waals surface area contributed by atoms with Crippen LogP contribution >= 0.6 is 0 Å². The van der Waals surface area contributed by atoms with E-state index in [4.69, 9.17) is 13.9 Å². The van der Waals surface area contributed by atoms with Crippen LogP contribution in [0.5, 0.6) is 5.75 Å². The lowest BCUT2D eigenvalue weighted by molar-refractivity contribution is -0.139. The van der Waals surface area contributed by atoms with E-state index in [1.165, 1.54) is 6.26 Å². The molecule has 1 aromatic carbocycles. The molecule has 35 heavy (non-hydrogen) atoms. The molecule has 0 aliphatic carbocycles. The average Bonchev–Trinajstić information content (AvgIpc) is 3.39. The van der Waals surface area contributed by atoms with E-state index in [0.29, 0.717) is 67.7 Å². The van der Waals surface area contributed by atoms with Gasteiger partial charge in [-0.15, -0.1) is 0 Å². The predicted molar refractivity (Wildman–Crippen MR) is 127 cm³/mol. The highest BCUT2D eigenvalue weighted by Gasteiger charge is 2.36.